The molecule has 0 radical (unpaired) electrons. The smallest absolute Gasteiger partial charge is 0.272 e. The average Bonchev–Trinajstić information content (AvgIpc) is 2.37. The van der Waals surface area contributed by atoms with E-state index in [2.05, 4.69) is 9.97 Å². The molecule has 0 N–H and O–H groups in total. The van der Waals surface area contributed by atoms with Crippen molar-refractivity contribution < 1.29 is 9.66 Å². The van der Waals surface area contributed by atoms with Gasteiger partial charge in [-0.2, -0.15) is 4.98 Å². The van der Waals surface area contributed by atoms with Crippen LogP contribution in [0.2, 0.25) is 5.15 Å². The molecule has 0 aliphatic heterocycles. The van der Waals surface area contributed by atoms with Crippen molar-refractivity contribution in [2.75, 3.05) is 0 Å². The number of halogens is 1. The number of aryl methyl sites for hydroxylation is 1. The van der Waals surface area contributed by atoms with Crippen LogP contribution in [0.4, 0.5) is 5.69 Å². The summed E-state index contributed by atoms with van der Waals surface area (Å²) in [7, 11) is 0. The van der Waals surface area contributed by atoms with E-state index >= 15 is 0 Å². The summed E-state index contributed by atoms with van der Waals surface area (Å²) < 4.78 is 5.61. The second-order valence-corrected chi connectivity index (χ2v) is 5.24. The highest BCUT2D eigenvalue weighted by Crippen LogP contribution is 2.27. The molecule has 1 aromatic heterocycles. The minimum Gasteiger partial charge on any atom is -0.439 e. The summed E-state index contributed by atoms with van der Waals surface area (Å²) in [6.07, 6.45) is 0. The number of hydrogen-bond acceptors (Lipinski definition) is 5. The van der Waals surface area contributed by atoms with Gasteiger partial charge in [0.2, 0.25) is 5.88 Å². The zero-order valence-electron chi connectivity index (χ0n) is 11.8. The largest absolute Gasteiger partial charge is 0.439 e. The van der Waals surface area contributed by atoms with Crippen molar-refractivity contribution >= 4 is 17.3 Å². The quantitative estimate of drug-likeness (QED) is 0.479. The molecule has 0 unspecified atom stereocenters. The fourth-order valence-electron chi connectivity index (χ4n) is 1.74. The lowest BCUT2D eigenvalue weighted by atomic mass is 10.2. The molecule has 0 fully saturated rings. The van der Waals surface area contributed by atoms with Crippen LogP contribution >= 0.6 is 11.6 Å². The predicted molar refractivity (Wildman–Crippen MR) is 79.0 cm³/mol. The molecule has 0 saturated heterocycles. The fourth-order valence-corrected chi connectivity index (χ4v) is 1.92. The Balaban J connectivity index is 2.30. The van der Waals surface area contributed by atoms with Crippen LogP contribution in [0.5, 0.6) is 11.6 Å². The van der Waals surface area contributed by atoms with Gasteiger partial charge < -0.3 is 4.74 Å². The predicted octanol–water partition coefficient (Wildman–Crippen LogP) is 4.26. The van der Waals surface area contributed by atoms with E-state index in [0.29, 0.717) is 28.2 Å². The maximum absolute atomic E-state index is 10.8. The zero-order chi connectivity index (χ0) is 15.6. The van der Waals surface area contributed by atoms with Gasteiger partial charge in [0.1, 0.15) is 16.7 Å². The molecular formula is C14H14ClN3O3. The van der Waals surface area contributed by atoms with Crippen LogP contribution in [-0.4, -0.2) is 14.9 Å². The molecule has 1 heterocycles. The van der Waals surface area contributed by atoms with E-state index in [-0.39, 0.29) is 11.6 Å². The molecule has 7 heteroatoms. The van der Waals surface area contributed by atoms with Gasteiger partial charge in [0.25, 0.3) is 5.69 Å². The van der Waals surface area contributed by atoms with Crippen LogP contribution in [0.15, 0.2) is 24.3 Å². The first-order valence-electron chi connectivity index (χ1n) is 6.34. The van der Waals surface area contributed by atoms with E-state index in [0.717, 1.165) is 0 Å². The van der Waals surface area contributed by atoms with Crippen molar-refractivity contribution in [1.82, 2.24) is 9.97 Å². The number of aromatic nitrogens is 2. The average molecular weight is 308 g/mol. The Bertz CT molecular complexity index is 689. The van der Waals surface area contributed by atoms with Crippen molar-refractivity contribution in [2.45, 2.75) is 26.7 Å². The molecule has 0 aliphatic carbocycles. The summed E-state index contributed by atoms with van der Waals surface area (Å²) in [4.78, 5) is 18.7. The van der Waals surface area contributed by atoms with Crippen molar-refractivity contribution in [1.29, 1.82) is 0 Å². The van der Waals surface area contributed by atoms with E-state index in [9.17, 15) is 10.1 Å². The third-order valence-electron chi connectivity index (χ3n) is 2.79. The number of rotatable bonds is 4. The van der Waals surface area contributed by atoms with Crippen molar-refractivity contribution in [3.8, 4) is 11.6 Å². The summed E-state index contributed by atoms with van der Waals surface area (Å²) in [5.74, 6) is 1.47. The first-order valence-corrected chi connectivity index (χ1v) is 6.72. The molecule has 2 aromatic rings. The molecule has 21 heavy (non-hydrogen) atoms. The first-order chi connectivity index (χ1) is 9.86. The lowest BCUT2D eigenvalue weighted by Crippen LogP contribution is -2.00. The minimum absolute atomic E-state index is 0.0472. The molecule has 0 aliphatic rings. The molecule has 0 saturated carbocycles. The summed E-state index contributed by atoms with van der Waals surface area (Å²) in [5.41, 5.74) is 0.563. The van der Waals surface area contributed by atoms with Gasteiger partial charge in [0.05, 0.1) is 4.92 Å². The minimum atomic E-state index is -0.433. The molecule has 0 spiro atoms. The molecule has 0 bridgehead atoms. The van der Waals surface area contributed by atoms with Gasteiger partial charge in [-0.25, -0.2) is 4.98 Å². The molecular weight excluding hydrogens is 294 g/mol. The number of hydrogen-bond donors (Lipinski definition) is 0. The maximum atomic E-state index is 10.8. The molecule has 1 aromatic carbocycles. The van der Waals surface area contributed by atoms with E-state index in [1.54, 1.807) is 13.0 Å². The molecule has 6 nitrogen and oxygen atoms in total. The zero-order valence-corrected chi connectivity index (χ0v) is 12.6. The van der Waals surface area contributed by atoms with Crippen LogP contribution in [0.25, 0.3) is 0 Å². The summed E-state index contributed by atoms with van der Waals surface area (Å²) in [6, 6.07) is 6.01. The SMILES string of the molecule is Cc1cc(Oc2cc(Cl)nc(C(C)C)n2)ccc1[N+](=O)[O-]. The standard InChI is InChI=1S/C14H14ClN3O3/c1-8(2)14-16-12(15)7-13(17-14)21-10-4-5-11(18(19)20)9(3)6-10/h4-8H,1-3H3. The van der Waals surface area contributed by atoms with Crippen LogP contribution in [0.3, 0.4) is 0 Å². The van der Waals surface area contributed by atoms with E-state index in [1.807, 2.05) is 13.8 Å². The third-order valence-corrected chi connectivity index (χ3v) is 2.99. The number of ether oxygens (including phenoxy) is 1. The van der Waals surface area contributed by atoms with Gasteiger partial charge in [-0.15, -0.1) is 0 Å². The Hall–Kier alpha value is -2.21. The number of nitro groups is 1. The van der Waals surface area contributed by atoms with Gasteiger partial charge in [-0.3, -0.25) is 10.1 Å². The molecule has 2 rings (SSSR count). The van der Waals surface area contributed by atoms with Crippen LogP contribution < -0.4 is 4.74 Å². The molecule has 0 amide bonds. The summed E-state index contributed by atoms with van der Waals surface area (Å²) >= 11 is 5.94. The van der Waals surface area contributed by atoms with Gasteiger partial charge in [0.15, 0.2) is 0 Å². The molecule has 110 valence electrons. The first kappa shape index (κ1) is 15.2. The Morgan fingerprint density at radius 1 is 1.29 bits per heavy atom. The summed E-state index contributed by atoms with van der Waals surface area (Å²) in [6.45, 7) is 5.55. The highest BCUT2D eigenvalue weighted by molar-refractivity contribution is 6.29. The molecule has 0 atom stereocenters. The topological polar surface area (TPSA) is 78.2 Å². The third kappa shape index (κ3) is 3.66. The highest BCUT2D eigenvalue weighted by Gasteiger charge is 2.13. The fraction of sp³-hybridized carbons (Fsp3) is 0.286. The van der Waals surface area contributed by atoms with Crippen LogP contribution in [-0.2, 0) is 0 Å². The summed E-state index contributed by atoms with van der Waals surface area (Å²) in [5, 5.41) is 11.1. The number of nitro benzene ring substituents is 1. The van der Waals surface area contributed by atoms with Gasteiger partial charge in [-0.05, 0) is 19.1 Å². The van der Waals surface area contributed by atoms with E-state index in [4.69, 9.17) is 16.3 Å². The van der Waals surface area contributed by atoms with Crippen molar-refractivity contribution in [2.24, 2.45) is 0 Å². The van der Waals surface area contributed by atoms with Gasteiger partial charge in [-0.1, -0.05) is 25.4 Å². The Labute approximate surface area is 126 Å². The van der Waals surface area contributed by atoms with Crippen LogP contribution in [0, 0.1) is 17.0 Å². The maximum Gasteiger partial charge on any atom is 0.272 e. The van der Waals surface area contributed by atoms with E-state index < -0.39 is 4.92 Å². The van der Waals surface area contributed by atoms with Gasteiger partial charge in [0, 0.05) is 23.6 Å². The number of benzene rings is 1. The van der Waals surface area contributed by atoms with Crippen LogP contribution in [0.1, 0.15) is 31.2 Å². The Kier molecular flexibility index (Phi) is 4.37. The van der Waals surface area contributed by atoms with Gasteiger partial charge >= 0.3 is 0 Å². The monoisotopic (exact) mass is 307 g/mol. The lowest BCUT2D eigenvalue weighted by molar-refractivity contribution is -0.385. The second kappa shape index (κ2) is 6.05. The highest BCUT2D eigenvalue weighted by atomic mass is 35.5. The van der Waals surface area contributed by atoms with E-state index in [1.165, 1.54) is 18.2 Å². The lowest BCUT2D eigenvalue weighted by Gasteiger charge is -2.09. The second-order valence-electron chi connectivity index (χ2n) is 4.85. The Morgan fingerprint density at radius 3 is 2.57 bits per heavy atom. The van der Waals surface area contributed by atoms with Crippen molar-refractivity contribution in [3.05, 3.63) is 50.9 Å². The number of nitrogens with zero attached hydrogens (tertiary/aromatic N) is 3. The van der Waals surface area contributed by atoms with Crippen molar-refractivity contribution in [3.63, 3.8) is 0 Å². The Morgan fingerprint density at radius 2 is 2.00 bits per heavy atom. The normalized spacial score (nSPS) is 10.7.